The van der Waals surface area contributed by atoms with Gasteiger partial charge in [-0.15, -0.1) is 11.3 Å². The first-order valence-electron chi connectivity index (χ1n) is 9.60. The third-order valence-electron chi connectivity index (χ3n) is 5.70. The number of H-pyrrole nitrogens is 1. The molecule has 2 atom stereocenters. The molecule has 3 amide bonds. The Morgan fingerprint density at radius 3 is 2.83 bits per heavy atom. The van der Waals surface area contributed by atoms with Crippen LogP contribution >= 0.6 is 11.3 Å². The number of carbonyl (C=O) groups excluding carboxylic acids is 3. The van der Waals surface area contributed by atoms with Gasteiger partial charge < -0.3 is 20.1 Å². The number of piperazine rings is 2. The van der Waals surface area contributed by atoms with Crippen molar-refractivity contribution in [3.63, 3.8) is 0 Å². The molecular weight excluding hydrogens is 388 g/mol. The van der Waals surface area contributed by atoms with Crippen molar-refractivity contribution < 1.29 is 14.4 Å². The molecule has 29 heavy (non-hydrogen) atoms. The van der Waals surface area contributed by atoms with Gasteiger partial charge in [-0.25, -0.2) is 0 Å². The number of hydrogen-bond acceptors (Lipinski definition) is 4. The molecule has 5 rings (SSSR count). The van der Waals surface area contributed by atoms with E-state index in [1.807, 2.05) is 41.9 Å². The Balaban J connectivity index is 1.32. The maximum atomic E-state index is 13.1. The first-order valence-corrected chi connectivity index (χ1v) is 10.5. The van der Waals surface area contributed by atoms with Crippen molar-refractivity contribution in [3.8, 4) is 0 Å². The smallest absolute Gasteiger partial charge is 0.264 e. The first-order chi connectivity index (χ1) is 14.1. The van der Waals surface area contributed by atoms with Gasteiger partial charge in [-0.3, -0.25) is 14.4 Å². The fraction of sp³-hybridized carbons (Fsp3) is 0.286. The van der Waals surface area contributed by atoms with Crippen molar-refractivity contribution in [1.29, 1.82) is 0 Å². The van der Waals surface area contributed by atoms with E-state index in [-0.39, 0.29) is 24.3 Å². The summed E-state index contributed by atoms with van der Waals surface area (Å²) in [7, 11) is 0. The Hall–Kier alpha value is -3.13. The van der Waals surface area contributed by atoms with Crippen LogP contribution in [0.2, 0.25) is 0 Å². The molecular formula is C21H20N4O3S. The largest absolute Gasteiger partial charge is 0.361 e. The molecule has 4 heterocycles. The predicted molar refractivity (Wildman–Crippen MR) is 110 cm³/mol. The molecule has 2 saturated heterocycles. The van der Waals surface area contributed by atoms with Crippen LogP contribution in [0.5, 0.6) is 0 Å². The summed E-state index contributed by atoms with van der Waals surface area (Å²) in [6, 6.07) is 10.3. The minimum absolute atomic E-state index is 0.0805. The van der Waals surface area contributed by atoms with Gasteiger partial charge >= 0.3 is 0 Å². The molecule has 1 aromatic carbocycles. The average molecular weight is 408 g/mol. The highest BCUT2D eigenvalue weighted by molar-refractivity contribution is 7.12. The van der Waals surface area contributed by atoms with Crippen molar-refractivity contribution >= 4 is 40.0 Å². The van der Waals surface area contributed by atoms with Crippen molar-refractivity contribution in [2.24, 2.45) is 0 Å². The zero-order valence-electron chi connectivity index (χ0n) is 15.6. The lowest BCUT2D eigenvalue weighted by atomic mass is 9.98. The molecule has 2 aliphatic rings. The number of para-hydroxylation sites is 1. The number of amides is 3. The minimum Gasteiger partial charge on any atom is -0.361 e. The van der Waals surface area contributed by atoms with Crippen LogP contribution in [-0.2, 0) is 16.0 Å². The maximum absolute atomic E-state index is 13.1. The molecule has 8 heteroatoms. The lowest BCUT2D eigenvalue weighted by molar-refractivity contribution is -0.152. The average Bonchev–Trinajstić information content (AvgIpc) is 3.41. The normalized spacial score (nSPS) is 21.9. The van der Waals surface area contributed by atoms with E-state index in [9.17, 15) is 14.4 Å². The maximum Gasteiger partial charge on any atom is 0.264 e. The van der Waals surface area contributed by atoms with E-state index < -0.39 is 12.1 Å². The van der Waals surface area contributed by atoms with E-state index in [0.717, 1.165) is 16.5 Å². The van der Waals surface area contributed by atoms with Crippen LogP contribution in [-0.4, -0.2) is 64.2 Å². The second kappa shape index (κ2) is 7.04. The Labute approximate surface area is 171 Å². The highest BCUT2D eigenvalue weighted by atomic mass is 32.1. The van der Waals surface area contributed by atoms with Crippen molar-refractivity contribution in [1.82, 2.24) is 20.1 Å². The van der Waals surface area contributed by atoms with Gasteiger partial charge in [0.2, 0.25) is 11.8 Å². The summed E-state index contributed by atoms with van der Waals surface area (Å²) < 4.78 is 0. The second-order valence-electron chi connectivity index (χ2n) is 7.40. The Kier molecular flexibility index (Phi) is 4.35. The van der Waals surface area contributed by atoms with Gasteiger partial charge in [0.1, 0.15) is 12.1 Å². The van der Waals surface area contributed by atoms with Crippen LogP contribution in [0.15, 0.2) is 48.0 Å². The van der Waals surface area contributed by atoms with Crippen LogP contribution in [0.3, 0.4) is 0 Å². The van der Waals surface area contributed by atoms with Crippen molar-refractivity contribution in [2.75, 3.05) is 19.6 Å². The summed E-state index contributed by atoms with van der Waals surface area (Å²) in [5.74, 6) is -0.359. The molecule has 3 aromatic rings. The van der Waals surface area contributed by atoms with Gasteiger partial charge in [0.15, 0.2) is 0 Å². The lowest BCUT2D eigenvalue weighted by Crippen LogP contribution is -2.70. The second-order valence-corrected chi connectivity index (χ2v) is 8.35. The molecule has 0 spiro atoms. The van der Waals surface area contributed by atoms with E-state index in [2.05, 4.69) is 10.3 Å². The molecule has 2 aromatic heterocycles. The van der Waals surface area contributed by atoms with Gasteiger partial charge in [-0.1, -0.05) is 24.3 Å². The summed E-state index contributed by atoms with van der Waals surface area (Å²) >= 11 is 1.38. The summed E-state index contributed by atoms with van der Waals surface area (Å²) in [6.45, 7) is 1.04. The Morgan fingerprint density at radius 2 is 2.00 bits per heavy atom. The topological polar surface area (TPSA) is 85.5 Å². The van der Waals surface area contributed by atoms with E-state index in [0.29, 0.717) is 24.4 Å². The highest BCUT2D eigenvalue weighted by Crippen LogP contribution is 2.23. The summed E-state index contributed by atoms with van der Waals surface area (Å²) in [4.78, 5) is 45.6. The quantitative estimate of drug-likeness (QED) is 0.691. The molecule has 0 saturated carbocycles. The summed E-state index contributed by atoms with van der Waals surface area (Å²) in [5, 5.41) is 5.80. The Morgan fingerprint density at radius 1 is 1.14 bits per heavy atom. The number of aromatic amines is 1. The van der Waals surface area contributed by atoms with Crippen LogP contribution in [0.4, 0.5) is 0 Å². The predicted octanol–water partition coefficient (Wildman–Crippen LogP) is 1.62. The molecule has 148 valence electrons. The molecule has 2 aliphatic heterocycles. The van der Waals surface area contributed by atoms with E-state index >= 15 is 0 Å². The van der Waals surface area contributed by atoms with Crippen LogP contribution < -0.4 is 5.32 Å². The van der Waals surface area contributed by atoms with Gasteiger partial charge in [-0.05, 0) is 23.1 Å². The number of fused-ring (bicyclic) bond motifs is 2. The molecule has 2 N–H and O–H groups in total. The molecule has 0 unspecified atom stereocenters. The zero-order chi connectivity index (χ0) is 20.0. The number of hydrogen-bond donors (Lipinski definition) is 2. The fourth-order valence-electron chi connectivity index (χ4n) is 4.20. The molecule has 2 fully saturated rings. The van der Waals surface area contributed by atoms with E-state index in [1.54, 1.807) is 15.9 Å². The lowest BCUT2D eigenvalue weighted by Gasteiger charge is -2.45. The third-order valence-corrected chi connectivity index (χ3v) is 6.56. The van der Waals surface area contributed by atoms with E-state index in [1.165, 1.54) is 11.3 Å². The van der Waals surface area contributed by atoms with Crippen LogP contribution in [0, 0.1) is 0 Å². The van der Waals surface area contributed by atoms with Gasteiger partial charge in [-0.2, -0.15) is 0 Å². The first kappa shape index (κ1) is 17.9. The number of nitrogens with zero attached hydrogens (tertiary/aromatic N) is 2. The number of benzene rings is 1. The summed E-state index contributed by atoms with van der Waals surface area (Å²) in [6.07, 6.45) is 2.34. The van der Waals surface area contributed by atoms with Crippen LogP contribution in [0.25, 0.3) is 10.9 Å². The SMILES string of the molecule is O=C1N[C@H](Cc2c[nH]c3ccccc23)C(=O)N2CCN(C(=O)c3cccs3)C[C@@H]12. The number of rotatable bonds is 3. The number of thiophene rings is 1. The fourth-order valence-corrected chi connectivity index (χ4v) is 4.89. The molecule has 0 aliphatic carbocycles. The zero-order valence-corrected chi connectivity index (χ0v) is 16.4. The highest BCUT2D eigenvalue weighted by Gasteiger charge is 2.44. The number of nitrogens with one attached hydrogen (secondary N) is 2. The van der Waals surface area contributed by atoms with Gasteiger partial charge in [0.25, 0.3) is 5.91 Å². The van der Waals surface area contributed by atoms with E-state index in [4.69, 9.17) is 0 Å². The Bertz CT molecular complexity index is 1090. The standard InChI is InChI=1S/C21H20N4O3S/c26-19-17-12-24(21(28)18-6-3-9-29-18)7-8-25(17)20(27)16(23-19)10-13-11-22-15-5-2-1-4-14(13)15/h1-6,9,11,16-17,22H,7-8,10,12H2,(H,23,26)/t16-,17+/m1/s1. The minimum atomic E-state index is -0.626. The third kappa shape index (κ3) is 3.09. The van der Waals surface area contributed by atoms with Gasteiger partial charge in [0, 0.05) is 36.6 Å². The van der Waals surface area contributed by atoms with Gasteiger partial charge in [0.05, 0.1) is 11.4 Å². The monoisotopic (exact) mass is 408 g/mol. The molecule has 0 radical (unpaired) electrons. The molecule has 0 bridgehead atoms. The molecule has 7 nitrogen and oxygen atoms in total. The van der Waals surface area contributed by atoms with Crippen molar-refractivity contribution in [2.45, 2.75) is 18.5 Å². The number of carbonyl (C=O) groups is 3. The van der Waals surface area contributed by atoms with Crippen molar-refractivity contribution in [3.05, 3.63) is 58.4 Å². The van der Waals surface area contributed by atoms with Crippen LogP contribution in [0.1, 0.15) is 15.2 Å². The summed E-state index contributed by atoms with van der Waals surface area (Å²) in [5.41, 5.74) is 2.01. The number of aromatic nitrogens is 1.